The molecule has 1 aliphatic rings. The molecule has 1 fully saturated rings. The Bertz CT molecular complexity index is 794. The second-order valence-corrected chi connectivity index (χ2v) is 8.60. The third-order valence-electron chi connectivity index (χ3n) is 5.64. The van der Waals surface area contributed by atoms with Crippen molar-refractivity contribution >= 4 is 27.5 Å². The Labute approximate surface area is 170 Å². The van der Waals surface area contributed by atoms with Gasteiger partial charge in [-0.2, -0.15) is 0 Å². The van der Waals surface area contributed by atoms with Crippen LogP contribution in [0.15, 0.2) is 53.0 Å². The van der Waals surface area contributed by atoms with Gasteiger partial charge in [0.25, 0.3) is 0 Å². The molecule has 0 bridgehead atoms. The number of benzene rings is 2. The first-order valence-corrected chi connectivity index (χ1v) is 10.7. The topological polar surface area (TPSA) is 34.1 Å². The second kappa shape index (κ2) is 9.45. The number of rotatable bonds is 5. The van der Waals surface area contributed by atoms with E-state index in [-0.39, 0.29) is 17.6 Å². The maximum Gasteiger partial charge on any atom is 0.163 e. The maximum absolute atomic E-state index is 13.0. The molecule has 3 heteroatoms. The Morgan fingerprint density at radius 1 is 1.07 bits per heavy atom. The fourth-order valence-electron chi connectivity index (χ4n) is 4.07. The van der Waals surface area contributed by atoms with Crippen molar-refractivity contribution in [1.82, 2.24) is 0 Å². The molecule has 2 aromatic carbocycles. The molecule has 0 heterocycles. The Balaban J connectivity index is 1.90. The molecule has 0 N–H and O–H groups in total. The van der Waals surface area contributed by atoms with E-state index >= 15 is 0 Å². The molecular formula is C24H27BrO2. The molecular weight excluding hydrogens is 400 g/mol. The molecule has 0 radical (unpaired) electrons. The number of hydrogen-bond acceptors (Lipinski definition) is 2. The first kappa shape index (κ1) is 20.0. The van der Waals surface area contributed by atoms with Gasteiger partial charge in [0.05, 0.1) is 0 Å². The third-order valence-corrected chi connectivity index (χ3v) is 6.14. The molecule has 2 nitrogen and oxygen atoms in total. The van der Waals surface area contributed by atoms with Gasteiger partial charge in [0.1, 0.15) is 5.78 Å². The lowest BCUT2D eigenvalue weighted by atomic mass is 9.75. The fourth-order valence-corrected chi connectivity index (χ4v) is 4.47. The van der Waals surface area contributed by atoms with Gasteiger partial charge in [-0.3, -0.25) is 9.59 Å². The highest BCUT2D eigenvalue weighted by molar-refractivity contribution is 9.10. The average Bonchev–Trinajstić information content (AvgIpc) is 2.64. The minimum atomic E-state index is -0.0518. The summed E-state index contributed by atoms with van der Waals surface area (Å²) in [4.78, 5) is 25.9. The van der Waals surface area contributed by atoms with Crippen molar-refractivity contribution in [3.8, 4) is 0 Å². The number of Topliss-reactive ketones (excluding diaryl/α,β-unsaturated/α-hetero) is 2. The van der Waals surface area contributed by atoms with E-state index in [1.54, 1.807) is 0 Å². The molecule has 3 rings (SSSR count). The van der Waals surface area contributed by atoms with Crippen molar-refractivity contribution in [2.45, 2.75) is 57.8 Å². The van der Waals surface area contributed by atoms with E-state index in [1.165, 1.54) is 12.0 Å². The number of hydrogen-bond donors (Lipinski definition) is 0. The van der Waals surface area contributed by atoms with Crippen LogP contribution in [0.25, 0.3) is 0 Å². The average molecular weight is 427 g/mol. The lowest BCUT2D eigenvalue weighted by Crippen LogP contribution is -2.26. The predicted molar refractivity (Wildman–Crippen MR) is 113 cm³/mol. The molecule has 0 aromatic heterocycles. The van der Waals surface area contributed by atoms with Gasteiger partial charge in [0.2, 0.25) is 0 Å². The molecule has 2 aromatic rings. The molecule has 2 atom stereocenters. The fraction of sp³-hybridized carbons (Fsp3) is 0.417. The lowest BCUT2D eigenvalue weighted by Gasteiger charge is -2.28. The van der Waals surface area contributed by atoms with E-state index in [1.807, 2.05) is 24.3 Å². The van der Waals surface area contributed by atoms with Crippen LogP contribution in [0.1, 0.15) is 72.3 Å². The van der Waals surface area contributed by atoms with Crippen LogP contribution in [0.4, 0.5) is 0 Å². The number of aryl methyl sites for hydroxylation is 1. The predicted octanol–water partition coefficient (Wildman–Crippen LogP) is 6.65. The number of ketones is 2. The zero-order valence-corrected chi connectivity index (χ0v) is 17.5. The summed E-state index contributed by atoms with van der Waals surface area (Å²) < 4.78 is 0.905. The maximum atomic E-state index is 13.0. The molecule has 0 aliphatic heterocycles. The second-order valence-electron chi connectivity index (χ2n) is 7.68. The molecule has 2 unspecified atom stereocenters. The van der Waals surface area contributed by atoms with Crippen LogP contribution >= 0.6 is 15.9 Å². The minimum absolute atomic E-state index is 0.0392. The Hall–Kier alpha value is -1.74. The highest BCUT2D eigenvalue weighted by Crippen LogP contribution is 2.36. The SMILES string of the molecule is Cc1ccc(C(CC(=O)c2cccc(Br)c2)C2CCCCCCC2=O)cc1. The van der Waals surface area contributed by atoms with E-state index in [2.05, 4.69) is 47.1 Å². The highest BCUT2D eigenvalue weighted by Gasteiger charge is 2.31. The van der Waals surface area contributed by atoms with E-state index in [0.29, 0.717) is 24.2 Å². The van der Waals surface area contributed by atoms with Crippen LogP contribution in [0.3, 0.4) is 0 Å². The standard InChI is InChI=1S/C24H27BrO2/c1-17-11-13-18(14-12-17)22(21-9-4-2-3-5-10-23(21)26)16-24(27)19-7-6-8-20(25)15-19/h6-8,11-15,21-22H,2-5,9-10,16H2,1H3. The largest absolute Gasteiger partial charge is 0.299 e. The van der Waals surface area contributed by atoms with Crippen LogP contribution in [-0.2, 0) is 4.79 Å². The van der Waals surface area contributed by atoms with Gasteiger partial charge in [-0.1, -0.05) is 77.2 Å². The third kappa shape index (κ3) is 5.38. The van der Waals surface area contributed by atoms with Gasteiger partial charge in [0, 0.05) is 34.7 Å². The summed E-state index contributed by atoms with van der Waals surface area (Å²) in [7, 11) is 0. The first-order valence-electron chi connectivity index (χ1n) is 9.92. The van der Waals surface area contributed by atoms with Crippen molar-refractivity contribution in [2.75, 3.05) is 0 Å². The van der Waals surface area contributed by atoms with Crippen LogP contribution in [0, 0.1) is 12.8 Å². The first-order chi connectivity index (χ1) is 13.0. The Morgan fingerprint density at radius 2 is 1.81 bits per heavy atom. The number of carbonyl (C=O) groups is 2. The normalized spacial score (nSPS) is 19.2. The summed E-state index contributed by atoms with van der Waals surface area (Å²) in [6.07, 6.45) is 6.31. The number of halogens is 1. The zero-order valence-electron chi connectivity index (χ0n) is 15.9. The Morgan fingerprint density at radius 3 is 2.56 bits per heavy atom. The van der Waals surface area contributed by atoms with Gasteiger partial charge in [-0.15, -0.1) is 0 Å². The van der Waals surface area contributed by atoms with Crippen molar-refractivity contribution in [3.05, 3.63) is 69.7 Å². The molecule has 0 spiro atoms. The molecule has 27 heavy (non-hydrogen) atoms. The van der Waals surface area contributed by atoms with Gasteiger partial charge >= 0.3 is 0 Å². The summed E-state index contributed by atoms with van der Waals surface area (Å²) in [5, 5.41) is 0. The van der Waals surface area contributed by atoms with Gasteiger partial charge < -0.3 is 0 Å². The summed E-state index contributed by atoms with van der Waals surface area (Å²) in [5.41, 5.74) is 3.02. The number of carbonyl (C=O) groups excluding carboxylic acids is 2. The van der Waals surface area contributed by atoms with Crippen molar-refractivity contribution in [2.24, 2.45) is 5.92 Å². The zero-order chi connectivity index (χ0) is 19.2. The summed E-state index contributed by atoms with van der Waals surface area (Å²) in [5.74, 6) is 0.353. The summed E-state index contributed by atoms with van der Waals surface area (Å²) in [6.45, 7) is 2.06. The van der Waals surface area contributed by atoms with Crippen LogP contribution < -0.4 is 0 Å². The smallest absolute Gasteiger partial charge is 0.163 e. The highest BCUT2D eigenvalue weighted by atomic mass is 79.9. The van der Waals surface area contributed by atoms with Crippen LogP contribution in [-0.4, -0.2) is 11.6 Å². The minimum Gasteiger partial charge on any atom is -0.299 e. The van der Waals surface area contributed by atoms with Crippen LogP contribution in [0.2, 0.25) is 0 Å². The van der Waals surface area contributed by atoms with Crippen LogP contribution in [0.5, 0.6) is 0 Å². The van der Waals surface area contributed by atoms with Crippen molar-refractivity contribution in [3.63, 3.8) is 0 Å². The monoisotopic (exact) mass is 426 g/mol. The van der Waals surface area contributed by atoms with E-state index < -0.39 is 0 Å². The molecule has 1 saturated carbocycles. The van der Waals surface area contributed by atoms with Crippen molar-refractivity contribution < 1.29 is 9.59 Å². The van der Waals surface area contributed by atoms with Gasteiger partial charge in [0.15, 0.2) is 5.78 Å². The van der Waals surface area contributed by atoms with E-state index in [4.69, 9.17) is 0 Å². The molecule has 0 saturated heterocycles. The summed E-state index contributed by atoms with van der Waals surface area (Å²) in [6, 6.07) is 15.9. The van der Waals surface area contributed by atoms with E-state index in [9.17, 15) is 9.59 Å². The summed E-state index contributed by atoms with van der Waals surface area (Å²) >= 11 is 3.45. The molecule has 1 aliphatic carbocycles. The van der Waals surface area contributed by atoms with Gasteiger partial charge in [-0.05, 0) is 37.5 Å². The van der Waals surface area contributed by atoms with Crippen molar-refractivity contribution in [1.29, 1.82) is 0 Å². The lowest BCUT2D eigenvalue weighted by molar-refractivity contribution is -0.124. The quantitative estimate of drug-likeness (QED) is 0.501. The molecule has 0 amide bonds. The Kier molecular flexibility index (Phi) is 7.01. The van der Waals surface area contributed by atoms with E-state index in [0.717, 1.165) is 35.7 Å². The van der Waals surface area contributed by atoms with Gasteiger partial charge in [-0.25, -0.2) is 0 Å². The molecule has 142 valence electrons.